The number of hydrogen-bond acceptors (Lipinski definition) is 4. The summed E-state index contributed by atoms with van der Waals surface area (Å²) < 4.78 is 0. The van der Waals surface area contributed by atoms with E-state index in [-0.39, 0.29) is 6.42 Å². The minimum atomic E-state index is -1.08. The summed E-state index contributed by atoms with van der Waals surface area (Å²) in [7, 11) is 4.03. The molecular formula is C28H29N3O3. The maximum Gasteiger partial charge on any atom is 0.287 e. The zero-order valence-electron chi connectivity index (χ0n) is 19.4. The molecule has 3 aromatic carbocycles. The van der Waals surface area contributed by atoms with Gasteiger partial charge in [-0.1, -0.05) is 84.9 Å². The molecule has 1 unspecified atom stereocenters. The van der Waals surface area contributed by atoms with E-state index in [9.17, 15) is 14.4 Å². The third kappa shape index (κ3) is 6.73. The first-order valence-corrected chi connectivity index (χ1v) is 11.0. The number of nitrogens with two attached hydrogens (primary N) is 1. The second-order valence-electron chi connectivity index (χ2n) is 8.30. The molecule has 0 spiro atoms. The monoisotopic (exact) mass is 455 g/mol. The molecule has 3 aromatic rings. The molecule has 6 nitrogen and oxygen atoms in total. The SMILES string of the molecule is CN(C)Cc1ccccc1C=Cc1ccccc1C(=O)NC(Cc1ccccc1)C(=O)C(N)=O. The Kier molecular flexibility index (Phi) is 8.48. The lowest BCUT2D eigenvalue weighted by Gasteiger charge is -2.17. The van der Waals surface area contributed by atoms with Crippen LogP contribution in [-0.4, -0.2) is 42.6 Å². The van der Waals surface area contributed by atoms with E-state index in [1.165, 1.54) is 5.56 Å². The lowest BCUT2D eigenvalue weighted by Crippen LogP contribution is -2.47. The first kappa shape index (κ1) is 24.6. The van der Waals surface area contributed by atoms with E-state index in [0.717, 1.165) is 17.7 Å². The van der Waals surface area contributed by atoms with Gasteiger partial charge in [0.05, 0.1) is 0 Å². The number of amides is 2. The highest BCUT2D eigenvalue weighted by atomic mass is 16.2. The summed E-state index contributed by atoms with van der Waals surface area (Å²) >= 11 is 0. The van der Waals surface area contributed by atoms with E-state index in [1.54, 1.807) is 12.1 Å². The van der Waals surface area contributed by atoms with Crippen molar-refractivity contribution in [1.82, 2.24) is 10.2 Å². The second-order valence-corrected chi connectivity index (χ2v) is 8.30. The Morgan fingerprint density at radius 1 is 0.853 bits per heavy atom. The van der Waals surface area contributed by atoms with Crippen LogP contribution in [0.25, 0.3) is 12.2 Å². The molecule has 0 radical (unpaired) electrons. The van der Waals surface area contributed by atoms with E-state index in [1.807, 2.05) is 86.9 Å². The van der Waals surface area contributed by atoms with E-state index >= 15 is 0 Å². The fraction of sp³-hybridized carbons (Fsp3) is 0.179. The first-order valence-electron chi connectivity index (χ1n) is 11.0. The molecule has 0 heterocycles. The number of nitrogens with zero attached hydrogens (tertiary/aromatic N) is 1. The number of Topliss-reactive ketones (excluding diaryl/α,β-unsaturated/α-hetero) is 1. The van der Waals surface area contributed by atoms with E-state index in [0.29, 0.717) is 11.1 Å². The molecule has 0 bridgehead atoms. The van der Waals surface area contributed by atoms with Gasteiger partial charge in [0.1, 0.15) is 6.04 Å². The van der Waals surface area contributed by atoms with Gasteiger partial charge in [-0.15, -0.1) is 0 Å². The van der Waals surface area contributed by atoms with Crippen LogP contribution in [0.3, 0.4) is 0 Å². The minimum absolute atomic E-state index is 0.171. The number of nitrogens with one attached hydrogen (secondary N) is 1. The molecule has 0 aliphatic carbocycles. The molecule has 0 saturated carbocycles. The van der Waals surface area contributed by atoms with Gasteiger partial charge in [0, 0.05) is 18.5 Å². The van der Waals surface area contributed by atoms with Gasteiger partial charge < -0.3 is 16.0 Å². The molecule has 0 aliphatic rings. The van der Waals surface area contributed by atoms with Crippen LogP contribution in [0, 0.1) is 0 Å². The Morgan fingerprint density at radius 3 is 2.12 bits per heavy atom. The largest absolute Gasteiger partial charge is 0.363 e. The third-order valence-electron chi connectivity index (χ3n) is 5.34. The van der Waals surface area contributed by atoms with Crippen molar-refractivity contribution in [2.75, 3.05) is 14.1 Å². The number of carbonyl (C=O) groups is 3. The molecule has 0 saturated heterocycles. The number of benzene rings is 3. The topological polar surface area (TPSA) is 92.5 Å². The highest BCUT2D eigenvalue weighted by molar-refractivity contribution is 6.38. The van der Waals surface area contributed by atoms with E-state index in [4.69, 9.17) is 5.73 Å². The molecule has 2 amide bonds. The minimum Gasteiger partial charge on any atom is -0.363 e. The van der Waals surface area contributed by atoms with Gasteiger partial charge in [0.2, 0.25) is 5.78 Å². The Bertz CT molecular complexity index is 1190. The van der Waals surface area contributed by atoms with E-state index in [2.05, 4.69) is 16.3 Å². The van der Waals surface area contributed by atoms with Crippen LogP contribution >= 0.6 is 0 Å². The van der Waals surface area contributed by atoms with Crippen molar-refractivity contribution in [2.45, 2.75) is 19.0 Å². The summed E-state index contributed by atoms with van der Waals surface area (Å²) in [5, 5.41) is 2.71. The molecule has 6 heteroatoms. The molecule has 34 heavy (non-hydrogen) atoms. The third-order valence-corrected chi connectivity index (χ3v) is 5.34. The summed E-state index contributed by atoms with van der Waals surface area (Å²) in [5.74, 6) is -2.35. The summed E-state index contributed by atoms with van der Waals surface area (Å²) in [6.45, 7) is 0.791. The summed E-state index contributed by atoms with van der Waals surface area (Å²) in [6.07, 6.45) is 4.02. The number of ketones is 1. The van der Waals surface area contributed by atoms with Gasteiger partial charge in [-0.2, -0.15) is 0 Å². The standard InChI is InChI=1S/C28H29N3O3/c1-31(2)19-23-14-7-6-12-21(23)16-17-22-13-8-9-15-24(22)28(34)30-25(26(32)27(29)33)18-20-10-4-3-5-11-20/h3-17,25H,18-19H2,1-2H3,(H2,29,33)(H,30,34). The van der Waals surface area contributed by atoms with Gasteiger partial charge in [0.15, 0.2) is 0 Å². The predicted molar refractivity (Wildman–Crippen MR) is 135 cm³/mol. The summed E-state index contributed by atoms with van der Waals surface area (Å²) in [5.41, 5.74) is 9.38. The van der Waals surface area contributed by atoms with Gasteiger partial charge >= 0.3 is 0 Å². The van der Waals surface area contributed by atoms with Crippen LogP contribution in [0.5, 0.6) is 0 Å². The highest BCUT2D eigenvalue weighted by Gasteiger charge is 2.26. The van der Waals surface area contributed by atoms with Crippen LogP contribution in [-0.2, 0) is 22.6 Å². The van der Waals surface area contributed by atoms with Gasteiger partial charge in [-0.25, -0.2) is 0 Å². The number of primary amides is 1. The Labute approximate surface area is 200 Å². The van der Waals surface area contributed by atoms with Gasteiger partial charge in [-0.05, 0) is 42.4 Å². The van der Waals surface area contributed by atoms with Crippen molar-refractivity contribution >= 4 is 29.7 Å². The molecule has 0 aromatic heterocycles. The predicted octanol–water partition coefficient (Wildman–Crippen LogP) is 3.31. The Morgan fingerprint density at radius 2 is 1.44 bits per heavy atom. The van der Waals surface area contributed by atoms with E-state index < -0.39 is 23.6 Å². The van der Waals surface area contributed by atoms with Crippen molar-refractivity contribution in [3.8, 4) is 0 Å². The van der Waals surface area contributed by atoms with Crippen molar-refractivity contribution in [1.29, 1.82) is 0 Å². The van der Waals surface area contributed by atoms with Crippen molar-refractivity contribution in [3.63, 3.8) is 0 Å². The second kappa shape index (κ2) is 11.7. The average Bonchev–Trinajstić information content (AvgIpc) is 2.83. The smallest absolute Gasteiger partial charge is 0.287 e. The first-order chi connectivity index (χ1) is 16.3. The van der Waals surface area contributed by atoms with Crippen LogP contribution in [0.2, 0.25) is 0 Å². The number of hydrogen-bond donors (Lipinski definition) is 2. The van der Waals surface area contributed by atoms with Crippen molar-refractivity contribution < 1.29 is 14.4 Å². The Hall–Kier alpha value is -4.03. The molecule has 174 valence electrons. The van der Waals surface area contributed by atoms with Crippen molar-refractivity contribution in [2.24, 2.45) is 5.73 Å². The quantitative estimate of drug-likeness (QED) is 0.362. The maximum absolute atomic E-state index is 13.2. The molecule has 0 fully saturated rings. The summed E-state index contributed by atoms with van der Waals surface area (Å²) in [4.78, 5) is 39.3. The average molecular weight is 456 g/mol. The highest BCUT2D eigenvalue weighted by Crippen LogP contribution is 2.17. The van der Waals surface area contributed by atoms with Gasteiger partial charge in [0.25, 0.3) is 11.8 Å². The van der Waals surface area contributed by atoms with Crippen LogP contribution in [0.4, 0.5) is 0 Å². The normalized spacial score (nSPS) is 12.0. The molecule has 1 atom stereocenters. The van der Waals surface area contributed by atoms with Crippen LogP contribution in [0.1, 0.15) is 32.6 Å². The van der Waals surface area contributed by atoms with Crippen LogP contribution < -0.4 is 11.1 Å². The maximum atomic E-state index is 13.2. The van der Waals surface area contributed by atoms with Crippen molar-refractivity contribution in [3.05, 3.63) is 107 Å². The lowest BCUT2D eigenvalue weighted by atomic mass is 10.00. The zero-order valence-corrected chi connectivity index (χ0v) is 19.4. The fourth-order valence-corrected chi connectivity index (χ4v) is 3.68. The zero-order chi connectivity index (χ0) is 24.5. The molecule has 0 aliphatic heterocycles. The summed E-state index contributed by atoms with van der Waals surface area (Å²) in [6, 6.07) is 23.3. The number of rotatable bonds is 10. The molecule has 3 N–H and O–H groups in total. The number of carbonyl (C=O) groups excluding carboxylic acids is 3. The molecular weight excluding hydrogens is 426 g/mol. The van der Waals surface area contributed by atoms with Crippen LogP contribution in [0.15, 0.2) is 78.9 Å². The van der Waals surface area contributed by atoms with Gasteiger partial charge in [-0.3, -0.25) is 14.4 Å². The lowest BCUT2D eigenvalue weighted by molar-refractivity contribution is -0.137. The fourth-order valence-electron chi connectivity index (χ4n) is 3.68. The Balaban J connectivity index is 1.85. The molecule has 3 rings (SSSR count).